The Balaban J connectivity index is 2.99. The molecule has 0 heterocycles. The van der Waals surface area contributed by atoms with Gasteiger partial charge in [0.1, 0.15) is 0 Å². The Morgan fingerprint density at radius 1 is 1.24 bits per heavy atom. The predicted molar refractivity (Wildman–Crippen MR) is 78.1 cm³/mol. The minimum Gasteiger partial charge on any atom is -0.0990 e. The van der Waals surface area contributed by atoms with Crippen LogP contribution in [0.2, 0.25) is 0 Å². The first kappa shape index (κ1) is 13.5. The fourth-order valence-corrected chi connectivity index (χ4v) is 1.68. The fourth-order valence-electron chi connectivity index (χ4n) is 1.68. The first-order valence-electron chi connectivity index (χ1n) is 6.28. The van der Waals surface area contributed by atoms with Gasteiger partial charge in [-0.25, -0.2) is 0 Å². The van der Waals surface area contributed by atoms with E-state index >= 15 is 0 Å². The van der Waals surface area contributed by atoms with Gasteiger partial charge in [0.05, 0.1) is 0 Å². The van der Waals surface area contributed by atoms with Crippen molar-refractivity contribution < 1.29 is 0 Å². The quantitative estimate of drug-likeness (QED) is 0.594. The van der Waals surface area contributed by atoms with Gasteiger partial charge < -0.3 is 0 Å². The average molecular weight is 226 g/mol. The number of rotatable bonds is 5. The van der Waals surface area contributed by atoms with Gasteiger partial charge in [-0.05, 0) is 29.0 Å². The minimum absolute atomic E-state index is 0.585. The molecule has 0 bridgehead atoms. The summed E-state index contributed by atoms with van der Waals surface area (Å²) in [6.07, 6.45) is 9.28. The van der Waals surface area contributed by atoms with Crippen molar-refractivity contribution in [2.75, 3.05) is 0 Å². The van der Waals surface area contributed by atoms with E-state index in [-0.39, 0.29) is 0 Å². The van der Waals surface area contributed by atoms with Crippen molar-refractivity contribution in [3.63, 3.8) is 0 Å². The van der Waals surface area contributed by atoms with Crippen molar-refractivity contribution in [1.29, 1.82) is 0 Å². The molecule has 0 N–H and O–H groups in total. The number of hydrogen-bond acceptors (Lipinski definition) is 0. The Hall–Kier alpha value is -1.56. The molecular weight excluding hydrogens is 204 g/mol. The molecule has 0 radical (unpaired) electrons. The molecule has 1 rings (SSSR count). The van der Waals surface area contributed by atoms with Gasteiger partial charge in [-0.1, -0.05) is 75.9 Å². The molecule has 0 unspecified atom stereocenters. The summed E-state index contributed by atoms with van der Waals surface area (Å²) in [5.41, 5.74) is 3.85. The van der Waals surface area contributed by atoms with E-state index in [1.807, 2.05) is 6.08 Å². The maximum atomic E-state index is 3.77. The molecule has 17 heavy (non-hydrogen) atoms. The molecule has 0 aliphatic heterocycles. The van der Waals surface area contributed by atoms with Gasteiger partial charge in [-0.15, -0.1) is 0 Å². The van der Waals surface area contributed by atoms with Crippen molar-refractivity contribution in [3.05, 3.63) is 66.3 Å². The van der Waals surface area contributed by atoms with E-state index in [1.54, 1.807) is 0 Å². The Morgan fingerprint density at radius 3 is 2.35 bits per heavy atom. The topological polar surface area (TPSA) is 0 Å². The Bertz CT molecular complexity index is 402. The molecule has 0 atom stereocenters. The summed E-state index contributed by atoms with van der Waals surface area (Å²) < 4.78 is 0. The molecule has 0 aromatic heterocycles. The van der Waals surface area contributed by atoms with Gasteiger partial charge >= 0.3 is 0 Å². The molecule has 0 fully saturated rings. The highest BCUT2D eigenvalue weighted by molar-refractivity contribution is 5.75. The van der Waals surface area contributed by atoms with Crippen LogP contribution in [0.25, 0.3) is 5.57 Å². The number of benzene rings is 1. The zero-order valence-corrected chi connectivity index (χ0v) is 11.1. The van der Waals surface area contributed by atoms with Crippen LogP contribution < -0.4 is 0 Å². The summed E-state index contributed by atoms with van der Waals surface area (Å²) in [5, 5.41) is 0. The van der Waals surface area contributed by atoms with Crippen LogP contribution in [0.4, 0.5) is 0 Å². The van der Waals surface area contributed by atoms with Crippen molar-refractivity contribution >= 4 is 5.57 Å². The lowest BCUT2D eigenvalue weighted by atomic mass is 9.98. The smallest absolute Gasteiger partial charge is 0.0184 e. The molecule has 0 saturated carbocycles. The van der Waals surface area contributed by atoms with Gasteiger partial charge in [0.25, 0.3) is 0 Å². The maximum absolute atomic E-state index is 3.77. The molecule has 1 aromatic carbocycles. The van der Waals surface area contributed by atoms with Crippen molar-refractivity contribution in [2.24, 2.45) is 0 Å². The second-order valence-electron chi connectivity index (χ2n) is 4.45. The van der Waals surface area contributed by atoms with Crippen LogP contribution in [0, 0.1) is 0 Å². The molecule has 0 amide bonds. The van der Waals surface area contributed by atoms with Crippen LogP contribution in [0.15, 0.2) is 55.1 Å². The third-order valence-corrected chi connectivity index (χ3v) is 2.74. The Labute approximate surface area is 105 Å². The first-order chi connectivity index (χ1) is 8.19. The van der Waals surface area contributed by atoms with Crippen LogP contribution >= 0.6 is 0 Å². The van der Waals surface area contributed by atoms with E-state index in [9.17, 15) is 0 Å². The molecule has 1 aromatic rings. The van der Waals surface area contributed by atoms with Gasteiger partial charge in [0.15, 0.2) is 0 Å². The van der Waals surface area contributed by atoms with Crippen molar-refractivity contribution in [1.82, 2.24) is 0 Å². The summed E-state index contributed by atoms with van der Waals surface area (Å²) in [6, 6.07) is 8.78. The van der Waals surface area contributed by atoms with Gasteiger partial charge in [-0.3, -0.25) is 0 Å². The number of allylic oxidation sites excluding steroid dienone is 5. The van der Waals surface area contributed by atoms with Crippen LogP contribution in [0.3, 0.4) is 0 Å². The molecular formula is C17H22. The summed E-state index contributed by atoms with van der Waals surface area (Å²) >= 11 is 0. The lowest BCUT2D eigenvalue weighted by Gasteiger charge is -2.07. The molecule has 0 saturated heterocycles. The highest BCUT2D eigenvalue weighted by Crippen LogP contribution is 2.20. The molecule has 0 heteroatoms. The third kappa shape index (κ3) is 4.07. The highest BCUT2D eigenvalue weighted by Gasteiger charge is 2.00. The highest BCUT2D eigenvalue weighted by atomic mass is 14.1. The predicted octanol–water partition coefficient (Wildman–Crippen LogP) is 5.35. The van der Waals surface area contributed by atoms with Crippen LogP contribution in [0.5, 0.6) is 0 Å². The third-order valence-electron chi connectivity index (χ3n) is 2.74. The van der Waals surface area contributed by atoms with E-state index in [0.717, 1.165) is 6.42 Å². The fraction of sp³-hybridized carbons (Fsp3) is 0.294. The van der Waals surface area contributed by atoms with Gasteiger partial charge in [0.2, 0.25) is 0 Å². The minimum atomic E-state index is 0.585. The number of hydrogen-bond donors (Lipinski definition) is 0. The van der Waals surface area contributed by atoms with Crippen LogP contribution in [-0.4, -0.2) is 0 Å². The SMILES string of the molecule is C=C/C=C(\C=C/CC)c1ccc(C(C)C)cc1. The molecule has 90 valence electrons. The second kappa shape index (κ2) is 6.90. The lowest BCUT2D eigenvalue weighted by molar-refractivity contribution is 0.866. The van der Waals surface area contributed by atoms with E-state index in [0.29, 0.717) is 5.92 Å². The van der Waals surface area contributed by atoms with Crippen molar-refractivity contribution in [3.8, 4) is 0 Å². The van der Waals surface area contributed by atoms with E-state index < -0.39 is 0 Å². The summed E-state index contributed by atoms with van der Waals surface area (Å²) in [5.74, 6) is 0.585. The van der Waals surface area contributed by atoms with Crippen LogP contribution in [0.1, 0.15) is 44.2 Å². The van der Waals surface area contributed by atoms with Crippen LogP contribution in [-0.2, 0) is 0 Å². The van der Waals surface area contributed by atoms with Gasteiger partial charge in [-0.2, -0.15) is 0 Å². The molecule has 0 aliphatic carbocycles. The molecule has 0 aliphatic rings. The van der Waals surface area contributed by atoms with Crippen molar-refractivity contribution in [2.45, 2.75) is 33.1 Å². The standard InChI is InChI=1S/C17H22/c1-5-7-9-16(8-6-2)17-12-10-15(11-13-17)14(3)4/h6-14H,2,5H2,1,3-4H3/b9-7-,16-8+. The first-order valence-corrected chi connectivity index (χ1v) is 6.28. The maximum Gasteiger partial charge on any atom is -0.0184 e. The zero-order valence-electron chi connectivity index (χ0n) is 11.1. The Morgan fingerprint density at radius 2 is 1.88 bits per heavy atom. The zero-order chi connectivity index (χ0) is 12.7. The molecule has 0 spiro atoms. The monoisotopic (exact) mass is 226 g/mol. The van der Waals surface area contributed by atoms with E-state index in [4.69, 9.17) is 0 Å². The summed E-state index contributed by atoms with van der Waals surface area (Å²) in [6.45, 7) is 10.3. The lowest BCUT2D eigenvalue weighted by Crippen LogP contribution is -1.88. The van der Waals surface area contributed by atoms with Gasteiger partial charge in [0, 0.05) is 0 Å². The summed E-state index contributed by atoms with van der Waals surface area (Å²) in [7, 11) is 0. The molecule has 0 nitrogen and oxygen atoms in total. The van der Waals surface area contributed by atoms with E-state index in [2.05, 4.69) is 69.8 Å². The summed E-state index contributed by atoms with van der Waals surface area (Å²) in [4.78, 5) is 0. The van der Waals surface area contributed by atoms with E-state index in [1.165, 1.54) is 16.7 Å². The Kier molecular flexibility index (Phi) is 5.48. The largest absolute Gasteiger partial charge is 0.0990 e. The normalized spacial score (nSPS) is 12.4. The average Bonchev–Trinajstić information content (AvgIpc) is 2.34. The second-order valence-corrected chi connectivity index (χ2v) is 4.45.